The van der Waals surface area contributed by atoms with E-state index in [0.717, 1.165) is 10.1 Å². The van der Waals surface area contributed by atoms with E-state index in [-0.39, 0.29) is 5.60 Å². The van der Waals surface area contributed by atoms with Gasteiger partial charge in [0.25, 0.3) is 0 Å². The van der Waals surface area contributed by atoms with Crippen LogP contribution in [0.25, 0.3) is 5.65 Å². The molecule has 0 radical (unpaired) electrons. The molecule has 0 saturated heterocycles. The predicted molar refractivity (Wildman–Crippen MR) is 70.3 cm³/mol. The van der Waals surface area contributed by atoms with E-state index < -0.39 is 0 Å². The molecule has 0 aliphatic carbocycles. The lowest BCUT2D eigenvalue weighted by Crippen LogP contribution is -2.32. The molecule has 92 valence electrons. The SMILES string of the molecule is COC(C)(C)CNc1nc2ccc(Br)cn2n1. The Balaban J connectivity index is 2.15. The van der Waals surface area contributed by atoms with Crippen LogP contribution in [0, 0.1) is 0 Å². The Labute approximate surface area is 108 Å². The first-order chi connectivity index (χ1) is 8.00. The zero-order chi connectivity index (χ0) is 12.5. The number of halogens is 1. The van der Waals surface area contributed by atoms with Crippen LogP contribution < -0.4 is 5.32 Å². The Morgan fingerprint density at radius 2 is 2.24 bits per heavy atom. The molecule has 0 amide bonds. The van der Waals surface area contributed by atoms with Crippen molar-refractivity contribution in [2.45, 2.75) is 19.4 Å². The van der Waals surface area contributed by atoms with Crippen molar-refractivity contribution in [3.63, 3.8) is 0 Å². The topological polar surface area (TPSA) is 51.5 Å². The minimum Gasteiger partial charge on any atom is -0.377 e. The summed E-state index contributed by atoms with van der Waals surface area (Å²) in [6.45, 7) is 4.67. The van der Waals surface area contributed by atoms with Gasteiger partial charge in [-0.15, -0.1) is 5.10 Å². The van der Waals surface area contributed by atoms with E-state index in [9.17, 15) is 0 Å². The van der Waals surface area contributed by atoms with Gasteiger partial charge in [0.15, 0.2) is 5.65 Å². The van der Waals surface area contributed by atoms with Crippen molar-refractivity contribution in [2.75, 3.05) is 19.0 Å². The molecule has 0 bridgehead atoms. The summed E-state index contributed by atoms with van der Waals surface area (Å²) in [5.74, 6) is 0.605. The van der Waals surface area contributed by atoms with E-state index in [0.29, 0.717) is 12.5 Å². The zero-order valence-corrected chi connectivity index (χ0v) is 11.7. The van der Waals surface area contributed by atoms with Gasteiger partial charge in [-0.05, 0) is 41.9 Å². The molecule has 0 aromatic carbocycles. The summed E-state index contributed by atoms with van der Waals surface area (Å²) in [7, 11) is 1.69. The number of rotatable bonds is 4. The Morgan fingerprint density at radius 1 is 1.47 bits per heavy atom. The van der Waals surface area contributed by atoms with Crippen LogP contribution in [-0.4, -0.2) is 33.9 Å². The van der Waals surface area contributed by atoms with Gasteiger partial charge >= 0.3 is 0 Å². The van der Waals surface area contributed by atoms with Crippen LogP contribution in [0.2, 0.25) is 0 Å². The van der Waals surface area contributed by atoms with Crippen molar-refractivity contribution in [3.05, 3.63) is 22.8 Å². The first kappa shape index (κ1) is 12.3. The fourth-order valence-electron chi connectivity index (χ4n) is 1.30. The minimum absolute atomic E-state index is 0.238. The highest BCUT2D eigenvalue weighted by molar-refractivity contribution is 9.10. The van der Waals surface area contributed by atoms with Crippen molar-refractivity contribution in [3.8, 4) is 0 Å². The van der Waals surface area contributed by atoms with Gasteiger partial charge in [0.1, 0.15) is 0 Å². The Kier molecular flexibility index (Phi) is 3.35. The minimum atomic E-state index is -0.238. The van der Waals surface area contributed by atoms with Gasteiger partial charge in [0.05, 0.1) is 5.60 Å². The molecule has 2 rings (SSSR count). The molecule has 0 fully saturated rings. The molecular weight excluding hydrogens is 284 g/mol. The lowest BCUT2D eigenvalue weighted by atomic mass is 10.1. The summed E-state index contributed by atoms with van der Waals surface area (Å²) in [6.07, 6.45) is 1.87. The van der Waals surface area contributed by atoms with E-state index in [1.54, 1.807) is 11.6 Å². The van der Waals surface area contributed by atoms with Crippen molar-refractivity contribution in [2.24, 2.45) is 0 Å². The van der Waals surface area contributed by atoms with Crippen molar-refractivity contribution in [1.29, 1.82) is 0 Å². The number of fused-ring (bicyclic) bond motifs is 1. The average molecular weight is 299 g/mol. The zero-order valence-electron chi connectivity index (χ0n) is 10.1. The first-order valence-electron chi connectivity index (χ1n) is 5.31. The number of aromatic nitrogens is 3. The molecular formula is C11H15BrN4O. The number of anilines is 1. The number of hydrogen-bond donors (Lipinski definition) is 1. The second-order valence-electron chi connectivity index (χ2n) is 4.40. The summed E-state index contributed by atoms with van der Waals surface area (Å²) >= 11 is 3.39. The van der Waals surface area contributed by atoms with Crippen molar-refractivity contribution in [1.82, 2.24) is 14.6 Å². The third-order valence-corrected chi connectivity index (χ3v) is 2.99. The van der Waals surface area contributed by atoms with Gasteiger partial charge in [-0.2, -0.15) is 4.98 Å². The molecule has 6 heteroatoms. The van der Waals surface area contributed by atoms with Crippen LogP contribution in [0.1, 0.15) is 13.8 Å². The molecule has 0 aliphatic heterocycles. The molecule has 0 saturated carbocycles. The third-order valence-electron chi connectivity index (χ3n) is 2.52. The maximum Gasteiger partial charge on any atom is 0.243 e. The highest BCUT2D eigenvalue weighted by atomic mass is 79.9. The molecule has 0 unspecified atom stereocenters. The highest BCUT2D eigenvalue weighted by Gasteiger charge is 2.16. The van der Waals surface area contributed by atoms with Gasteiger partial charge in [-0.3, -0.25) is 0 Å². The number of methoxy groups -OCH3 is 1. The number of pyridine rings is 1. The van der Waals surface area contributed by atoms with Crippen molar-refractivity contribution < 1.29 is 4.74 Å². The fraction of sp³-hybridized carbons (Fsp3) is 0.455. The Bertz CT molecular complexity index is 523. The summed E-state index contributed by atoms with van der Waals surface area (Å²) in [5, 5.41) is 7.48. The Morgan fingerprint density at radius 3 is 2.94 bits per heavy atom. The van der Waals surface area contributed by atoms with E-state index in [4.69, 9.17) is 4.74 Å². The van der Waals surface area contributed by atoms with E-state index in [1.165, 1.54) is 0 Å². The monoisotopic (exact) mass is 298 g/mol. The second kappa shape index (κ2) is 4.62. The summed E-state index contributed by atoms with van der Waals surface area (Å²) in [6, 6.07) is 3.84. The van der Waals surface area contributed by atoms with Crippen LogP contribution in [0.15, 0.2) is 22.8 Å². The second-order valence-corrected chi connectivity index (χ2v) is 5.32. The first-order valence-corrected chi connectivity index (χ1v) is 6.10. The van der Waals surface area contributed by atoms with Gasteiger partial charge < -0.3 is 10.1 Å². The predicted octanol–water partition coefficient (Wildman–Crippen LogP) is 2.33. The largest absolute Gasteiger partial charge is 0.377 e. The summed E-state index contributed by atoms with van der Waals surface area (Å²) in [4.78, 5) is 4.36. The molecule has 2 aromatic heterocycles. The fourth-order valence-corrected chi connectivity index (χ4v) is 1.62. The molecule has 2 aromatic rings. The summed E-state index contributed by atoms with van der Waals surface area (Å²) < 4.78 is 8.02. The normalized spacial score (nSPS) is 12.0. The molecule has 5 nitrogen and oxygen atoms in total. The van der Waals surface area contributed by atoms with Crippen LogP contribution in [0.3, 0.4) is 0 Å². The van der Waals surface area contributed by atoms with Crippen LogP contribution >= 0.6 is 15.9 Å². The number of hydrogen-bond acceptors (Lipinski definition) is 4. The van der Waals surface area contributed by atoms with Gasteiger partial charge in [-0.25, -0.2) is 4.52 Å². The van der Waals surface area contributed by atoms with Gasteiger partial charge in [0, 0.05) is 24.3 Å². The molecule has 2 heterocycles. The highest BCUT2D eigenvalue weighted by Crippen LogP contribution is 2.13. The lowest BCUT2D eigenvalue weighted by Gasteiger charge is -2.22. The van der Waals surface area contributed by atoms with E-state index in [1.807, 2.05) is 32.2 Å². The standard InChI is InChI=1S/C11H15BrN4O/c1-11(2,17-3)7-13-10-14-9-5-4-8(12)6-16(9)15-10/h4-6H,7H2,1-3H3,(H,13,15). The van der Waals surface area contributed by atoms with Crippen molar-refractivity contribution >= 4 is 27.5 Å². The van der Waals surface area contributed by atoms with E-state index >= 15 is 0 Å². The Hall–Kier alpha value is -1.14. The molecule has 0 aliphatic rings. The quantitative estimate of drug-likeness (QED) is 0.941. The number of nitrogens with zero attached hydrogens (tertiary/aromatic N) is 3. The molecule has 17 heavy (non-hydrogen) atoms. The maximum atomic E-state index is 5.32. The number of nitrogens with one attached hydrogen (secondary N) is 1. The average Bonchev–Trinajstić information content (AvgIpc) is 2.68. The van der Waals surface area contributed by atoms with Crippen LogP contribution in [-0.2, 0) is 4.74 Å². The summed E-state index contributed by atoms with van der Waals surface area (Å²) in [5.41, 5.74) is 0.573. The van der Waals surface area contributed by atoms with E-state index in [2.05, 4.69) is 31.3 Å². The lowest BCUT2D eigenvalue weighted by molar-refractivity contribution is 0.0342. The molecule has 1 N–H and O–H groups in total. The number of ether oxygens (including phenoxy) is 1. The third kappa shape index (κ3) is 2.95. The van der Waals surface area contributed by atoms with Gasteiger partial charge in [-0.1, -0.05) is 0 Å². The van der Waals surface area contributed by atoms with Gasteiger partial charge in [0.2, 0.25) is 5.95 Å². The molecule has 0 spiro atoms. The van der Waals surface area contributed by atoms with Crippen LogP contribution in [0.5, 0.6) is 0 Å². The molecule has 0 atom stereocenters. The smallest absolute Gasteiger partial charge is 0.243 e. The maximum absolute atomic E-state index is 5.32. The van der Waals surface area contributed by atoms with Crippen LogP contribution in [0.4, 0.5) is 5.95 Å².